The minimum Gasteiger partial charge on any atom is -0.508 e. The van der Waals surface area contributed by atoms with E-state index in [-0.39, 0.29) is 46.0 Å². The van der Waals surface area contributed by atoms with Crippen LogP contribution in [-0.2, 0) is 12.7 Å². The number of hydrogen-bond donors (Lipinski definition) is 2. The molecule has 6 rings (SSSR count). The molecule has 0 spiro atoms. The Morgan fingerprint density at radius 1 is 0.974 bits per heavy atom. The summed E-state index contributed by atoms with van der Waals surface area (Å²) < 4.78 is 44.7. The van der Waals surface area contributed by atoms with E-state index in [1.807, 2.05) is 6.07 Å². The number of benzene rings is 2. The van der Waals surface area contributed by atoms with Crippen LogP contribution in [0, 0.1) is 0 Å². The molecular weight excluding hydrogens is 501 g/mol. The molecule has 0 aliphatic carbocycles. The first kappa shape index (κ1) is 23.2. The fourth-order valence-corrected chi connectivity index (χ4v) is 4.36. The summed E-state index contributed by atoms with van der Waals surface area (Å²) in [6, 6.07) is 14.9. The first-order valence-corrected chi connectivity index (χ1v) is 11.2. The molecule has 13 heteroatoms. The lowest BCUT2D eigenvalue weighted by molar-refractivity contribution is -0.137. The van der Waals surface area contributed by atoms with Gasteiger partial charge in [-0.15, -0.1) is 0 Å². The lowest BCUT2D eigenvalue weighted by Gasteiger charge is -2.13. The molecule has 0 amide bonds. The third-order valence-corrected chi connectivity index (χ3v) is 6.01. The summed E-state index contributed by atoms with van der Waals surface area (Å²) in [6.45, 7) is -0.0872. The van der Waals surface area contributed by atoms with E-state index in [1.165, 1.54) is 20.1 Å². The normalized spacial score (nSPS) is 12.0. The Bertz CT molecular complexity index is 1890. The summed E-state index contributed by atoms with van der Waals surface area (Å²) in [6.07, 6.45) is -1.86. The number of hydrogen-bond acceptors (Lipinski definition) is 7. The molecule has 4 heterocycles. The molecule has 190 valence electrons. The molecule has 10 nitrogen and oxygen atoms in total. The Morgan fingerprint density at radius 3 is 2.53 bits per heavy atom. The zero-order chi connectivity index (χ0) is 26.6. The maximum absolute atomic E-state index is 13.5. The van der Waals surface area contributed by atoms with Crippen molar-refractivity contribution >= 4 is 22.4 Å². The molecule has 0 aliphatic rings. The Morgan fingerprint density at radius 2 is 1.76 bits per heavy atom. The summed E-state index contributed by atoms with van der Waals surface area (Å²) in [5.41, 5.74) is 5.88. The zero-order valence-corrected chi connectivity index (χ0v) is 19.3. The van der Waals surface area contributed by atoms with Crippen molar-refractivity contribution in [2.24, 2.45) is 0 Å². The third kappa shape index (κ3) is 3.80. The van der Waals surface area contributed by atoms with Crippen LogP contribution in [-0.4, -0.2) is 39.0 Å². The highest BCUT2D eigenvalue weighted by atomic mass is 19.4. The maximum atomic E-state index is 13.5. The van der Waals surface area contributed by atoms with E-state index in [0.29, 0.717) is 17.3 Å². The number of phenolic OH excluding ortho intramolecular Hbond substituents is 1. The van der Waals surface area contributed by atoms with Crippen LogP contribution >= 0.6 is 0 Å². The molecule has 6 aromatic rings. The van der Waals surface area contributed by atoms with E-state index in [2.05, 4.69) is 20.2 Å². The molecule has 3 N–H and O–H groups in total. The van der Waals surface area contributed by atoms with E-state index in [4.69, 9.17) is 5.73 Å². The van der Waals surface area contributed by atoms with Crippen LogP contribution in [0.1, 0.15) is 11.4 Å². The van der Waals surface area contributed by atoms with Gasteiger partial charge in [0, 0.05) is 11.8 Å². The number of phenols is 1. The van der Waals surface area contributed by atoms with Gasteiger partial charge in [-0.1, -0.05) is 18.2 Å². The van der Waals surface area contributed by atoms with Gasteiger partial charge < -0.3 is 10.8 Å². The fourth-order valence-electron chi connectivity index (χ4n) is 4.36. The highest BCUT2D eigenvalue weighted by Gasteiger charge is 2.32. The first-order chi connectivity index (χ1) is 18.2. The summed E-state index contributed by atoms with van der Waals surface area (Å²) in [7, 11) is 0. The monoisotopic (exact) mass is 518 g/mol. The van der Waals surface area contributed by atoms with Crippen LogP contribution in [0.5, 0.6) is 5.75 Å². The highest BCUT2D eigenvalue weighted by molar-refractivity contribution is 5.98. The summed E-state index contributed by atoms with van der Waals surface area (Å²) in [4.78, 5) is 21.6. The second-order valence-electron chi connectivity index (χ2n) is 8.46. The number of nitrogens with two attached hydrogens (primary N) is 1. The van der Waals surface area contributed by atoms with Gasteiger partial charge in [-0.05, 0) is 42.5 Å². The molecule has 0 atom stereocenters. The second kappa shape index (κ2) is 8.44. The molecule has 4 aromatic heterocycles. The minimum absolute atomic E-state index is 0.0116. The van der Waals surface area contributed by atoms with Gasteiger partial charge in [0.25, 0.3) is 5.56 Å². The van der Waals surface area contributed by atoms with Crippen LogP contribution in [0.25, 0.3) is 33.5 Å². The van der Waals surface area contributed by atoms with Crippen LogP contribution in [0.3, 0.4) is 0 Å². The van der Waals surface area contributed by atoms with E-state index in [9.17, 15) is 23.1 Å². The van der Waals surface area contributed by atoms with Crippen molar-refractivity contribution < 1.29 is 18.3 Å². The van der Waals surface area contributed by atoms with E-state index in [1.54, 1.807) is 42.6 Å². The van der Waals surface area contributed by atoms with E-state index < -0.39 is 17.5 Å². The van der Waals surface area contributed by atoms with Crippen molar-refractivity contribution in [3.63, 3.8) is 0 Å². The first-order valence-electron chi connectivity index (χ1n) is 11.2. The van der Waals surface area contributed by atoms with E-state index in [0.717, 1.165) is 12.1 Å². The van der Waals surface area contributed by atoms with Crippen molar-refractivity contribution in [3.05, 3.63) is 94.9 Å². The predicted molar refractivity (Wildman–Crippen MR) is 132 cm³/mol. The average molecular weight is 518 g/mol. The van der Waals surface area contributed by atoms with Crippen molar-refractivity contribution in [2.75, 3.05) is 5.73 Å². The predicted octanol–water partition coefficient (Wildman–Crippen LogP) is 3.65. The molecule has 38 heavy (non-hydrogen) atoms. The fraction of sp³-hybridized carbons (Fsp3) is 0.0800. The molecule has 2 aromatic carbocycles. The largest absolute Gasteiger partial charge is 0.508 e. The summed E-state index contributed by atoms with van der Waals surface area (Å²) >= 11 is 0. The van der Waals surface area contributed by atoms with Crippen LogP contribution in [0.2, 0.25) is 0 Å². The Balaban J connectivity index is 1.58. The molecule has 0 saturated heterocycles. The smallest absolute Gasteiger partial charge is 0.416 e. The molecule has 0 unspecified atom stereocenters. The molecule has 0 radical (unpaired) electrons. The number of para-hydroxylation sites is 1. The number of anilines is 1. The van der Waals surface area contributed by atoms with Crippen molar-refractivity contribution in [3.8, 4) is 22.7 Å². The number of fused-ring (bicyclic) bond motifs is 2. The van der Waals surface area contributed by atoms with E-state index >= 15 is 0 Å². The quantitative estimate of drug-likeness (QED) is 0.365. The zero-order valence-electron chi connectivity index (χ0n) is 19.3. The lowest BCUT2D eigenvalue weighted by atomic mass is 10.1. The van der Waals surface area contributed by atoms with Gasteiger partial charge in [-0.3, -0.25) is 9.36 Å². The lowest BCUT2D eigenvalue weighted by Crippen LogP contribution is -2.27. The summed E-state index contributed by atoms with van der Waals surface area (Å²) in [5, 5.41) is 19.3. The molecule has 0 fully saturated rings. The van der Waals surface area contributed by atoms with Gasteiger partial charge in [0.2, 0.25) is 0 Å². The number of halogens is 3. The Labute approximate surface area is 211 Å². The van der Waals surface area contributed by atoms with Crippen LogP contribution < -0.4 is 11.3 Å². The van der Waals surface area contributed by atoms with Gasteiger partial charge >= 0.3 is 6.18 Å². The van der Waals surface area contributed by atoms with Crippen LogP contribution in [0.15, 0.2) is 78.0 Å². The Hall–Kier alpha value is -5.20. The number of alkyl halides is 3. The van der Waals surface area contributed by atoms with Gasteiger partial charge in [0.15, 0.2) is 11.5 Å². The molecular formula is C25H17F3N8O2. The third-order valence-electron chi connectivity index (χ3n) is 6.01. The van der Waals surface area contributed by atoms with Crippen LogP contribution in [0.4, 0.5) is 19.0 Å². The molecule has 0 saturated carbocycles. The van der Waals surface area contributed by atoms with Crippen molar-refractivity contribution in [1.82, 2.24) is 33.9 Å². The number of nitrogen functional groups attached to an aromatic ring is 1. The average Bonchev–Trinajstić information content (AvgIpc) is 3.50. The topological polar surface area (TPSA) is 129 Å². The molecule has 0 bridgehead atoms. The van der Waals surface area contributed by atoms with Gasteiger partial charge in [0.05, 0.1) is 16.6 Å². The number of rotatable bonds is 4. The minimum atomic E-state index is -4.70. The maximum Gasteiger partial charge on any atom is 0.416 e. The number of nitrogens with zero attached hydrogens (tertiary/aromatic N) is 7. The second-order valence-corrected chi connectivity index (χ2v) is 8.46. The SMILES string of the molecule is Nc1ncnc2c1c(-c1cc(O)cc(C(F)(F)F)c1)nn2Cc1nn2cccc2c(=O)n1-c1ccccc1. The van der Waals surface area contributed by atoms with Crippen molar-refractivity contribution in [2.45, 2.75) is 12.7 Å². The van der Waals surface area contributed by atoms with Gasteiger partial charge in [-0.25, -0.2) is 19.2 Å². The molecule has 0 aliphatic heterocycles. The van der Waals surface area contributed by atoms with Gasteiger partial charge in [-0.2, -0.15) is 23.4 Å². The number of aromatic nitrogens is 7. The van der Waals surface area contributed by atoms with Crippen molar-refractivity contribution in [1.29, 1.82) is 0 Å². The van der Waals surface area contributed by atoms with Gasteiger partial charge in [0.1, 0.15) is 35.7 Å². The Kier molecular flexibility index (Phi) is 5.15. The highest BCUT2D eigenvalue weighted by Crippen LogP contribution is 2.37. The number of aromatic hydroxyl groups is 1. The standard InChI is InChI=1S/C25H17F3N8O2/c26-25(27,28)15-9-14(10-17(37)11-15)21-20-22(29)30-13-31-23(20)35(33-21)12-19-32-34-8-4-7-18(34)24(38)36(19)16-5-2-1-3-6-16/h1-11,13,37H,12H2,(H2,29,30,31). The summed E-state index contributed by atoms with van der Waals surface area (Å²) in [5.74, 6) is -0.321.